The molecule has 0 saturated heterocycles. The smallest absolute Gasteiger partial charge is 0.322 e. The molecule has 6 nitrogen and oxygen atoms in total. The molecular weight excluding hydrogens is 310 g/mol. The summed E-state index contributed by atoms with van der Waals surface area (Å²) in [4.78, 5) is 11.9. The SMILES string of the molecule is COc1nc(N)nc(NC(C)c2ccc(Br)cc2)n1. The number of nitrogen functional groups attached to an aromatic ring is 1. The van der Waals surface area contributed by atoms with Crippen LogP contribution in [0.5, 0.6) is 6.01 Å². The number of rotatable bonds is 4. The van der Waals surface area contributed by atoms with Crippen molar-refractivity contribution < 1.29 is 4.74 Å². The van der Waals surface area contributed by atoms with Gasteiger partial charge in [-0.3, -0.25) is 0 Å². The van der Waals surface area contributed by atoms with Crippen LogP contribution in [0.4, 0.5) is 11.9 Å². The highest BCUT2D eigenvalue weighted by atomic mass is 79.9. The van der Waals surface area contributed by atoms with Gasteiger partial charge in [0.2, 0.25) is 11.9 Å². The van der Waals surface area contributed by atoms with Crippen molar-refractivity contribution in [3.8, 4) is 6.01 Å². The van der Waals surface area contributed by atoms with Gasteiger partial charge in [0.25, 0.3) is 0 Å². The number of ether oxygens (including phenoxy) is 1. The van der Waals surface area contributed by atoms with Gasteiger partial charge >= 0.3 is 6.01 Å². The van der Waals surface area contributed by atoms with Crippen molar-refractivity contribution >= 4 is 27.8 Å². The highest BCUT2D eigenvalue weighted by molar-refractivity contribution is 9.10. The van der Waals surface area contributed by atoms with Gasteiger partial charge in [0.1, 0.15) is 0 Å². The van der Waals surface area contributed by atoms with E-state index >= 15 is 0 Å². The van der Waals surface area contributed by atoms with E-state index in [9.17, 15) is 0 Å². The van der Waals surface area contributed by atoms with E-state index < -0.39 is 0 Å². The summed E-state index contributed by atoms with van der Waals surface area (Å²) in [7, 11) is 1.48. The Hall–Kier alpha value is -1.89. The van der Waals surface area contributed by atoms with Crippen LogP contribution in [0.1, 0.15) is 18.5 Å². The lowest BCUT2D eigenvalue weighted by Crippen LogP contribution is -2.12. The van der Waals surface area contributed by atoms with E-state index in [2.05, 4.69) is 36.2 Å². The van der Waals surface area contributed by atoms with Gasteiger partial charge < -0.3 is 15.8 Å². The zero-order chi connectivity index (χ0) is 13.8. The fourth-order valence-electron chi connectivity index (χ4n) is 1.56. The Morgan fingerprint density at radius 1 is 1.21 bits per heavy atom. The average Bonchev–Trinajstić information content (AvgIpc) is 2.38. The highest BCUT2D eigenvalue weighted by Gasteiger charge is 2.09. The number of nitrogens with two attached hydrogens (primary N) is 1. The third-order valence-corrected chi connectivity index (χ3v) is 3.06. The molecule has 0 aliphatic rings. The Kier molecular flexibility index (Phi) is 4.16. The van der Waals surface area contributed by atoms with E-state index in [-0.39, 0.29) is 18.0 Å². The van der Waals surface area contributed by atoms with E-state index in [0.717, 1.165) is 10.0 Å². The standard InChI is InChI=1S/C12H14BrN5O/c1-7(8-3-5-9(13)6-4-8)15-11-16-10(14)17-12(18-11)19-2/h3-7H,1-2H3,(H3,14,15,16,17,18). The van der Waals surface area contributed by atoms with Gasteiger partial charge in [-0.2, -0.15) is 15.0 Å². The van der Waals surface area contributed by atoms with Crippen molar-refractivity contribution in [1.82, 2.24) is 15.0 Å². The number of nitrogens with zero attached hydrogens (tertiary/aromatic N) is 3. The summed E-state index contributed by atoms with van der Waals surface area (Å²) in [5.74, 6) is 0.511. The second-order valence-corrected chi connectivity index (χ2v) is 4.84. The summed E-state index contributed by atoms with van der Waals surface area (Å²) in [6.45, 7) is 2.01. The normalized spacial score (nSPS) is 11.9. The lowest BCUT2D eigenvalue weighted by atomic mass is 10.1. The molecule has 0 aliphatic heterocycles. The van der Waals surface area contributed by atoms with E-state index in [1.54, 1.807) is 0 Å². The van der Waals surface area contributed by atoms with Crippen molar-refractivity contribution in [3.63, 3.8) is 0 Å². The molecule has 100 valence electrons. The maximum absolute atomic E-state index is 5.58. The van der Waals surface area contributed by atoms with Crippen LogP contribution in [-0.2, 0) is 0 Å². The van der Waals surface area contributed by atoms with Crippen LogP contribution in [-0.4, -0.2) is 22.1 Å². The molecule has 0 saturated carbocycles. The van der Waals surface area contributed by atoms with Crippen LogP contribution in [0.15, 0.2) is 28.7 Å². The molecule has 1 unspecified atom stereocenters. The fraction of sp³-hybridized carbons (Fsp3) is 0.250. The topological polar surface area (TPSA) is 86.0 Å². The highest BCUT2D eigenvalue weighted by Crippen LogP contribution is 2.20. The molecular formula is C12H14BrN5O. The molecule has 0 bridgehead atoms. The first kappa shape index (κ1) is 13.5. The number of methoxy groups -OCH3 is 1. The first-order valence-electron chi connectivity index (χ1n) is 5.66. The largest absolute Gasteiger partial charge is 0.467 e. The van der Waals surface area contributed by atoms with E-state index in [1.165, 1.54) is 7.11 Å². The fourth-order valence-corrected chi connectivity index (χ4v) is 1.82. The minimum Gasteiger partial charge on any atom is -0.467 e. The third kappa shape index (κ3) is 3.54. The first-order chi connectivity index (χ1) is 9.08. The van der Waals surface area contributed by atoms with Gasteiger partial charge in [0.15, 0.2) is 0 Å². The number of anilines is 2. The molecule has 0 aliphatic carbocycles. The second kappa shape index (κ2) is 5.83. The Morgan fingerprint density at radius 2 is 1.89 bits per heavy atom. The summed E-state index contributed by atoms with van der Waals surface area (Å²) in [5, 5.41) is 3.16. The molecule has 0 fully saturated rings. The van der Waals surface area contributed by atoms with Gasteiger partial charge in [0.05, 0.1) is 13.2 Å². The number of aromatic nitrogens is 3. The zero-order valence-corrected chi connectivity index (χ0v) is 12.2. The zero-order valence-electron chi connectivity index (χ0n) is 10.6. The van der Waals surface area contributed by atoms with Crippen LogP contribution in [0, 0.1) is 0 Å². The summed E-state index contributed by atoms with van der Waals surface area (Å²) in [6.07, 6.45) is 0. The summed E-state index contributed by atoms with van der Waals surface area (Å²) in [5.41, 5.74) is 6.69. The molecule has 1 heterocycles. The Balaban J connectivity index is 2.16. The summed E-state index contributed by atoms with van der Waals surface area (Å²) in [6, 6.07) is 8.23. The molecule has 0 amide bonds. The quantitative estimate of drug-likeness (QED) is 0.898. The van der Waals surface area contributed by atoms with Crippen LogP contribution >= 0.6 is 15.9 Å². The van der Waals surface area contributed by atoms with E-state index in [1.807, 2.05) is 31.2 Å². The van der Waals surface area contributed by atoms with Crippen molar-refractivity contribution in [2.24, 2.45) is 0 Å². The summed E-state index contributed by atoms with van der Waals surface area (Å²) >= 11 is 3.40. The van der Waals surface area contributed by atoms with Gasteiger partial charge in [0, 0.05) is 4.47 Å². The minimum atomic E-state index is 0.0413. The molecule has 3 N–H and O–H groups in total. The summed E-state index contributed by atoms with van der Waals surface area (Å²) < 4.78 is 5.99. The average molecular weight is 324 g/mol. The monoisotopic (exact) mass is 323 g/mol. The molecule has 19 heavy (non-hydrogen) atoms. The van der Waals surface area contributed by atoms with E-state index in [4.69, 9.17) is 10.5 Å². The maximum atomic E-state index is 5.58. The minimum absolute atomic E-state index is 0.0413. The molecule has 1 aromatic heterocycles. The number of nitrogens with one attached hydrogen (secondary N) is 1. The van der Waals surface area contributed by atoms with Crippen LogP contribution in [0.2, 0.25) is 0 Å². The Labute approximate surface area is 119 Å². The number of halogens is 1. The Morgan fingerprint density at radius 3 is 2.53 bits per heavy atom. The predicted octanol–water partition coefficient (Wildman–Crippen LogP) is 2.40. The van der Waals surface area contributed by atoms with Crippen molar-refractivity contribution in [1.29, 1.82) is 0 Å². The number of hydrogen-bond donors (Lipinski definition) is 2. The molecule has 1 aromatic carbocycles. The van der Waals surface area contributed by atoms with Gasteiger partial charge in [-0.15, -0.1) is 0 Å². The third-order valence-electron chi connectivity index (χ3n) is 2.53. The van der Waals surface area contributed by atoms with Crippen molar-refractivity contribution in [3.05, 3.63) is 34.3 Å². The van der Waals surface area contributed by atoms with Crippen LogP contribution in [0.25, 0.3) is 0 Å². The van der Waals surface area contributed by atoms with Gasteiger partial charge in [-0.05, 0) is 24.6 Å². The van der Waals surface area contributed by atoms with Gasteiger partial charge in [-0.1, -0.05) is 28.1 Å². The van der Waals surface area contributed by atoms with E-state index in [0.29, 0.717) is 5.95 Å². The molecule has 1 atom stereocenters. The van der Waals surface area contributed by atoms with Gasteiger partial charge in [-0.25, -0.2) is 0 Å². The number of hydrogen-bond acceptors (Lipinski definition) is 6. The molecule has 2 rings (SSSR count). The molecule has 2 aromatic rings. The predicted molar refractivity (Wildman–Crippen MR) is 77.0 cm³/mol. The lowest BCUT2D eigenvalue weighted by Gasteiger charge is -2.14. The molecule has 7 heteroatoms. The van der Waals surface area contributed by atoms with Crippen molar-refractivity contribution in [2.45, 2.75) is 13.0 Å². The maximum Gasteiger partial charge on any atom is 0.322 e. The second-order valence-electron chi connectivity index (χ2n) is 3.92. The number of benzene rings is 1. The van der Waals surface area contributed by atoms with Crippen LogP contribution < -0.4 is 15.8 Å². The van der Waals surface area contributed by atoms with Crippen LogP contribution in [0.3, 0.4) is 0 Å². The molecule has 0 radical (unpaired) electrons. The lowest BCUT2D eigenvalue weighted by molar-refractivity contribution is 0.379. The van der Waals surface area contributed by atoms with Crippen molar-refractivity contribution in [2.75, 3.05) is 18.2 Å². The Bertz CT molecular complexity index is 561. The first-order valence-corrected chi connectivity index (χ1v) is 6.45. The molecule has 0 spiro atoms.